The Morgan fingerprint density at radius 3 is 2.68 bits per heavy atom. The van der Waals surface area contributed by atoms with Crippen LogP contribution < -0.4 is 10.2 Å². The van der Waals surface area contributed by atoms with Crippen LogP contribution in [0.4, 0.5) is 5.69 Å². The molecule has 0 aliphatic carbocycles. The average molecular weight is 462 g/mol. The molecule has 2 aliphatic heterocycles. The van der Waals surface area contributed by atoms with Crippen molar-refractivity contribution in [2.24, 2.45) is 0 Å². The van der Waals surface area contributed by atoms with Gasteiger partial charge in [0.15, 0.2) is 0 Å². The third-order valence-electron chi connectivity index (χ3n) is 6.22. The van der Waals surface area contributed by atoms with E-state index >= 15 is 0 Å². The molecular formula is C24H29Cl2N3O2. The SMILES string of the molecule is CNC(=O)Cc1ccc2c(c1)CCOC2CCN1CCN(c2ccc(Cl)cc2Cl)CC1. The van der Waals surface area contributed by atoms with Gasteiger partial charge in [0, 0.05) is 44.8 Å². The summed E-state index contributed by atoms with van der Waals surface area (Å²) in [6, 6.07) is 12.1. The van der Waals surface area contributed by atoms with Crippen LogP contribution in [0.15, 0.2) is 36.4 Å². The molecule has 31 heavy (non-hydrogen) atoms. The van der Waals surface area contributed by atoms with E-state index < -0.39 is 0 Å². The van der Waals surface area contributed by atoms with Gasteiger partial charge in [0.25, 0.3) is 0 Å². The fourth-order valence-corrected chi connectivity index (χ4v) is 4.99. The number of ether oxygens (including phenoxy) is 1. The number of benzene rings is 2. The smallest absolute Gasteiger partial charge is 0.224 e. The fraction of sp³-hybridized carbons (Fsp3) is 0.458. The van der Waals surface area contributed by atoms with Crippen LogP contribution in [0.1, 0.15) is 29.2 Å². The Morgan fingerprint density at radius 1 is 1.13 bits per heavy atom. The van der Waals surface area contributed by atoms with Crippen molar-refractivity contribution in [1.82, 2.24) is 10.2 Å². The van der Waals surface area contributed by atoms with E-state index in [2.05, 4.69) is 33.3 Å². The number of nitrogens with zero attached hydrogens (tertiary/aromatic N) is 2. The van der Waals surface area contributed by atoms with Crippen LogP contribution in [0, 0.1) is 0 Å². The summed E-state index contributed by atoms with van der Waals surface area (Å²) in [7, 11) is 1.68. The molecule has 2 aliphatic rings. The standard InChI is InChI=1S/C24H29Cl2N3O2/c1-27-24(30)15-17-2-4-20-18(14-17)7-13-31-23(20)6-8-28-9-11-29(12-10-28)22-5-3-19(25)16-21(22)26/h2-5,14,16,23H,6-13,15H2,1H3,(H,27,30). The van der Waals surface area contributed by atoms with Gasteiger partial charge in [-0.15, -0.1) is 0 Å². The van der Waals surface area contributed by atoms with Crippen molar-refractivity contribution in [3.63, 3.8) is 0 Å². The van der Waals surface area contributed by atoms with E-state index in [9.17, 15) is 4.79 Å². The lowest BCUT2D eigenvalue weighted by Crippen LogP contribution is -2.47. The van der Waals surface area contributed by atoms with Crippen molar-refractivity contribution in [1.29, 1.82) is 0 Å². The number of hydrogen-bond donors (Lipinski definition) is 1. The first-order valence-corrected chi connectivity index (χ1v) is 11.7. The molecule has 5 nitrogen and oxygen atoms in total. The summed E-state index contributed by atoms with van der Waals surface area (Å²) < 4.78 is 6.11. The van der Waals surface area contributed by atoms with E-state index in [1.54, 1.807) is 7.05 Å². The number of fused-ring (bicyclic) bond motifs is 1. The largest absolute Gasteiger partial charge is 0.373 e. The molecule has 2 aromatic carbocycles. The van der Waals surface area contributed by atoms with Gasteiger partial charge in [-0.2, -0.15) is 0 Å². The molecule has 1 amide bonds. The maximum absolute atomic E-state index is 11.7. The van der Waals surface area contributed by atoms with Gasteiger partial charge < -0.3 is 15.0 Å². The molecular weight excluding hydrogens is 433 g/mol. The van der Waals surface area contributed by atoms with Gasteiger partial charge in [-0.25, -0.2) is 0 Å². The second-order valence-electron chi connectivity index (χ2n) is 8.21. The Bertz CT molecular complexity index is 929. The molecule has 7 heteroatoms. The number of piperazine rings is 1. The quantitative estimate of drug-likeness (QED) is 0.702. The second kappa shape index (κ2) is 10.2. The van der Waals surface area contributed by atoms with E-state index in [4.69, 9.17) is 27.9 Å². The van der Waals surface area contributed by atoms with Crippen molar-refractivity contribution in [2.75, 3.05) is 51.3 Å². The van der Waals surface area contributed by atoms with E-state index in [1.807, 2.05) is 18.2 Å². The molecule has 0 radical (unpaired) electrons. The predicted octanol–water partition coefficient (Wildman–Crippen LogP) is 4.11. The maximum Gasteiger partial charge on any atom is 0.224 e. The summed E-state index contributed by atoms with van der Waals surface area (Å²) in [4.78, 5) is 16.5. The van der Waals surface area contributed by atoms with Crippen LogP contribution in [-0.4, -0.2) is 57.2 Å². The van der Waals surface area contributed by atoms with Crippen molar-refractivity contribution in [3.8, 4) is 0 Å². The van der Waals surface area contributed by atoms with E-state index in [-0.39, 0.29) is 12.0 Å². The maximum atomic E-state index is 11.7. The van der Waals surface area contributed by atoms with Gasteiger partial charge in [0.05, 0.1) is 29.8 Å². The fourth-order valence-electron chi connectivity index (χ4n) is 4.46. The van der Waals surface area contributed by atoms with Crippen molar-refractivity contribution in [2.45, 2.75) is 25.4 Å². The summed E-state index contributed by atoms with van der Waals surface area (Å²) in [5.41, 5.74) is 4.72. The van der Waals surface area contributed by atoms with Gasteiger partial charge in [-0.05, 0) is 47.7 Å². The Morgan fingerprint density at radius 2 is 1.94 bits per heavy atom. The van der Waals surface area contributed by atoms with Crippen LogP contribution >= 0.6 is 23.2 Å². The number of amides is 1. The lowest BCUT2D eigenvalue weighted by atomic mass is 9.93. The van der Waals surface area contributed by atoms with Gasteiger partial charge >= 0.3 is 0 Å². The first-order chi connectivity index (χ1) is 15.0. The number of nitrogens with one attached hydrogen (secondary N) is 1. The third-order valence-corrected chi connectivity index (χ3v) is 6.76. The van der Waals surface area contributed by atoms with Crippen LogP contribution in [0.2, 0.25) is 10.0 Å². The molecule has 1 atom stereocenters. The highest BCUT2D eigenvalue weighted by atomic mass is 35.5. The van der Waals surface area contributed by atoms with Crippen LogP contribution in [-0.2, 0) is 22.4 Å². The van der Waals surface area contributed by atoms with Gasteiger partial charge in [-0.3, -0.25) is 9.69 Å². The van der Waals surface area contributed by atoms with Crippen molar-refractivity contribution in [3.05, 3.63) is 63.1 Å². The highest BCUT2D eigenvalue weighted by molar-refractivity contribution is 6.36. The van der Waals surface area contributed by atoms with Crippen LogP contribution in [0.5, 0.6) is 0 Å². The minimum atomic E-state index is 0.0441. The zero-order chi connectivity index (χ0) is 21.8. The molecule has 2 heterocycles. The summed E-state index contributed by atoms with van der Waals surface area (Å²) >= 11 is 12.4. The Balaban J connectivity index is 1.31. The zero-order valence-corrected chi connectivity index (χ0v) is 19.4. The zero-order valence-electron chi connectivity index (χ0n) is 17.9. The van der Waals surface area contributed by atoms with E-state index in [1.165, 1.54) is 11.1 Å². The molecule has 1 unspecified atom stereocenters. The summed E-state index contributed by atoms with van der Waals surface area (Å²) in [5.74, 6) is 0.0441. The number of rotatable bonds is 6. The number of halogens is 2. The van der Waals surface area contributed by atoms with Gasteiger partial charge in [0.2, 0.25) is 5.91 Å². The number of hydrogen-bond acceptors (Lipinski definition) is 4. The molecule has 2 aromatic rings. The molecule has 0 spiro atoms. The highest BCUT2D eigenvalue weighted by Crippen LogP contribution is 2.32. The van der Waals surface area contributed by atoms with Crippen molar-refractivity contribution >= 4 is 34.8 Å². The first-order valence-electron chi connectivity index (χ1n) is 10.9. The molecule has 0 aromatic heterocycles. The molecule has 1 N–H and O–H groups in total. The van der Waals surface area contributed by atoms with Gasteiger partial charge in [-0.1, -0.05) is 41.4 Å². The summed E-state index contributed by atoms with van der Waals surface area (Å²) in [6.07, 6.45) is 2.44. The number of carbonyl (C=O) groups is 1. The third kappa shape index (κ3) is 5.53. The number of likely N-dealkylation sites (N-methyl/N-ethyl adjacent to an activating group) is 1. The Hall–Kier alpha value is -1.79. The Labute approximate surface area is 194 Å². The van der Waals surface area contributed by atoms with Crippen LogP contribution in [0.3, 0.4) is 0 Å². The highest BCUT2D eigenvalue weighted by Gasteiger charge is 2.24. The monoisotopic (exact) mass is 461 g/mol. The molecule has 1 fully saturated rings. The molecule has 1 saturated heterocycles. The number of carbonyl (C=O) groups excluding carboxylic acids is 1. The lowest BCUT2D eigenvalue weighted by Gasteiger charge is -2.37. The minimum Gasteiger partial charge on any atom is -0.373 e. The molecule has 0 saturated carbocycles. The second-order valence-corrected chi connectivity index (χ2v) is 9.05. The molecule has 0 bridgehead atoms. The minimum absolute atomic E-state index is 0.0441. The van der Waals surface area contributed by atoms with Crippen LogP contribution in [0.25, 0.3) is 0 Å². The summed E-state index contributed by atoms with van der Waals surface area (Å²) in [6.45, 7) is 5.65. The molecule has 4 rings (SSSR count). The summed E-state index contributed by atoms with van der Waals surface area (Å²) in [5, 5.41) is 4.07. The normalized spacial score (nSPS) is 19.2. The van der Waals surface area contributed by atoms with Crippen molar-refractivity contribution < 1.29 is 9.53 Å². The Kier molecular flexibility index (Phi) is 7.39. The molecule has 166 valence electrons. The predicted molar refractivity (Wildman–Crippen MR) is 126 cm³/mol. The lowest BCUT2D eigenvalue weighted by molar-refractivity contribution is -0.119. The van der Waals surface area contributed by atoms with Gasteiger partial charge in [0.1, 0.15) is 0 Å². The van der Waals surface area contributed by atoms with E-state index in [0.29, 0.717) is 16.5 Å². The topological polar surface area (TPSA) is 44.8 Å². The first kappa shape index (κ1) is 22.4. The average Bonchev–Trinajstić information content (AvgIpc) is 2.78. The van der Waals surface area contributed by atoms with E-state index in [0.717, 1.165) is 63.4 Å². The number of anilines is 1.